The molecule has 0 saturated carbocycles. The predicted octanol–water partition coefficient (Wildman–Crippen LogP) is 2.01. The van der Waals surface area contributed by atoms with Crippen LogP contribution in [-0.2, 0) is 14.8 Å². The number of aryl methyl sites for hydroxylation is 1. The van der Waals surface area contributed by atoms with Crippen molar-refractivity contribution in [3.05, 3.63) is 29.8 Å². The summed E-state index contributed by atoms with van der Waals surface area (Å²) < 4.78 is 33.8. The van der Waals surface area contributed by atoms with Crippen molar-refractivity contribution in [2.45, 2.75) is 56.1 Å². The van der Waals surface area contributed by atoms with Gasteiger partial charge in [0.2, 0.25) is 10.0 Å². The van der Waals surface area contributed by atoms with E-state index < -0.39 is 10.0 Å². The summed E-state index contributed by atoms with van der Waals surface area (Å²) in [6, 6.07) is 7.23. The third-order valence-corrected chi connectivity index (χ3v) is 8.86. The fourth-order valence-corrected chi connectivity index (χ4v) is 6.60. The van der Waals surface area contributed by atoms with Crippen LogP contribution in [0.1, 0.15) is 37.7 Å². The minimum absolute atomic E-state index is 0.123. The number of rotatable bonds is 4. The molecule has 1 spiro atoms. The molecule has 1 N–H and O–H groups in total. The zero-order chi connectivity index (χ0) is 19.8. The highest BCUT2D eigenvalue weighted by Gasteiger charge is 2.44. The van der Waals surface area contributed by atoms with Crippen molar-refractivity contribution < 1.29 is 18.3 Å². The topological polar surface area (TPSA) is 70.1 Å². The maximum absolute atomic E-state index is 13.0. The van der Waals surface area contributed by atoms with Crippen molar-refractivity contribution >= 4 is 10.0 Å². The van der Waals surface area contributed by atoms with Crippen LogP contribution in [0.4, 0.5) is 0 Å². The Morgan fingerprint density at radius 3 is 2.50 bits per heavy atom. The number of hydrogen-bond donors (Lipinski definition) is 1. The zero-order valence-electron chi connectivity index (χ0n) is 16.7. The van der Waals surface area contributed by atoms with Crippen LogP contribution >= 0.6 is 0 Å². The van der Waals surface area contributed by atoms with Gasteiger partial charge in [0, 0.05) is 32.7 Å². The second-order valence-electron chi connectivity index (χ2n) is 8.84. The van der Waals surface area contributed by atoms with Gasteiger partial charge in [-0.2, -0.15) is 4.31 Å². The van der Waals surface area contributed by atoms with Crippen LogP contribution in [0.15, 0.2) is 29.2 Å². The number of nitrogens with zero attached hydrogens (tertiary/aromatic N) is 2. The van der Waals surface area contributed by atoms with Gasteiger partial charge < -0.3 is 14.7 Å². The molecule has 1 atom stereocenters. The van der Waals surface area contributed by atoms with Gasteiger partial charge >= 0.3 is 0 Å². The van der Waals surface area contributed by atoms with E-state index in [1.807, 2.05) is 19.1 Å². The molecule has 1 aromatic rings. The monoisotopic (exact) mass is 408 g/mol. The second kappa shape index (κ2) is 8.03. The fraction of sp³-hybridized carbons (Fsp3) is 0.714. The van der Waals surface area contributed by atoms with E-state index in [0.717, 1.165) is 63.9 Å². The number of benzene rings is 1. The second-order valence-corrected chi connectivity index (χ2v) is 10.7. The third-order valence-electron chi connectivity index (χ3n) is 6.80. The first-order valence-electron chi connectivity index (χ1n) is 10.5. The quantitative estimate of drug-likeness (QED) is 0.825. The maximum atomic E-state index is 13.0. The van der Waals surface area contributed by atoms with Crippen LogP contribution in [0, 0.1) is 12.3 Å². The van der Waals surface area contributed by atoms with Crippen molar-refractivity contribution in [1.82, 2.24) is 9.21 Å². The normalized spacial score (nSPS) is 27.4. The zero-order valence-corrected chi connectivity index (χ0v) is 17.5. The molecule has 28 heavy (non-hydrogen) atoms. The average Bonchev–Trinajstić information content (AvgIpc) is 3.06. The molecule has 0 bridgehead atoms. The highest BCUT2D eigenvalue weighted by atomic mass is 32.2. The molecule has 0 aliphatic carbocycles. The lowest BCUT2D eigenvalue weighted by Crippen LogP contribution is -2.44. The molecule has 7 heteroatoms. The van der Waals surface area contributed by atoms with Crippen LogP contribution in [0.5, 0.6) is 0 Å². The van der Waals surface area contributed by atoms with Crippen LogP contribution in [-0.4, -0.2) is 74.3 Å². The molecule has 3 aliphatic rings. The molecule has 4 rings (SSSR count). The van der Waals surface area contributed by atoms with E-state index in [1.54, 1.807) is 16.4 Å². The Labute approximate surface area is 168 Å². The summed E-state index contributed by atoms with van der Waals surface area (Å²) in [7, 11) is -3.42. The summed E-state index contributed by atoms with van der Waals surface area (Å²) >= 11 is 0. The number of aliphatic hydroxyl groups is 1. The summed E-state index contributed by atoms with van der Waals surface area (Å²) in [5.41, 5.74) is 0.927. The van der Waals surface area contributed by atoms with E-state index in [-0.39, 0.29) is 17.6 Å². The molecular weight excluding hydrogens is 376 g/mol. The van der Waals surface area contributed by atoms with E-state index in [0.29, 0.717) is 18.0 Å². The van der Waals surface area contributed by atoms with Crippen molar-refractivity contribution in [2.75, 3.05) is 39.3 Å². The predicted molar refractivity (Wildman–Crippen MR) is 108 cm³/mol. The summed E-state index contributed by atoms with van der Waals surface area (Å²) in [5, 5.41) is 9.66. The Kier molecular flexibility index (Phi) is 5.82. The molecule has 0 aromatic heterocycles. The van der Waals surface area contributed by atoms with Crippen molar-refractivity contribution in [1.29, 1.82) is 0 Å². The van der Waals surface area contributed by atoms with E-state index in [1.165, 1.54) is 0 Å². The van der Waals surface area contributed by atoms with Gasteiger partial charge in [-0.25, -0.2) is 8.42 Å². The highest BCUT2D eigenvalue weighted by Crippen LogP contribution is 2.43. The molecule has 3 saturated heterocycles. The van der Waals surface area contributed by atoms with Gasteiger partial charge in [0.25, 0.3) is 0 Å². The standard InChI is InChI=1S/C21H32N2O4S/c1-17-4-2-3-5-20(17)28(25,26)23-12-8-21(9-13-23)14-19(27-16-21)15-22-10-6-18(24)7-11-22/h2-5,18-19,24H,6-16H2,1H3/t19-/m1/s1. The molecule has 3 aliphatic heterocycles. The maximum Gasteiger partial charge on any atom is 0.243 e. The minimum Gasteiger partial charge on any atom is -0.393 e. The molecule has 6 nitrogen and oxygen atoms in total. The van der Waals surface area contributed by atoms with Crippen LogP contribution in [0.3, 0.4) is 0 Å². The lowest BCUT2D eigenvalue weighted by atomic mass is 9.77. The first kappa shape index (κ1) is 20.3. The van der Waals surface area contributed by atoms with Crippen LogP contribution < -0.4 is 0 Å². The Balaban J connectivity index is 1.33. The van der Waals surface area contributed by atoms with Gasteiger partial charge in [-0.15, -0.1) is 0 Å². The van der Waals surface area contributed by atoms with E-state index in [2.05, 4.69) is 4.90 Å². The lowest BCUT2D eigenvalue weighted by molar-refractivity contribution is 0.0327. The van der Waals surface area contributed by atoms with Gasteiger partial charge in [0.1, 0.15) is 0 Å². The first-order chi connectivity index (χ1) is 13.4. The van der Waals surface area contributed by atoms with Gasteiger partial charge in [-0.05, 0) is 56.1 Å². The van der Waals surface area contributed by atoms with E-state index in [4.69, 9.17) is 4.74 Å². The third kappa shape index (κ3) is 4.14. The molecule has 156 valence electrons. The Bertz CT molecular complexity index is 781. The fourth-order valence-electron chi connectivity index (χ4n) is 4.94. The molecular formula is C21H32N2O4S. The number of piperidine rings is 2. The molecule has 1 aromatic carbocycles. The minimum atomic E-state index is -3.42. The van der Waals surface area contributed by atoms with Gasteiger partial charge in [0.15, 0.2) is 0 Å². The van der Waals surface area contributed by atoms with Crippen LogP contribution in [0.2, 0.25) is 0 Å². The van der Waals surface area contributed by atoms with Gasteiger partial charge in [0.05, 0.1) is 23.7 Å². The smallest absolute Gasteiger partial charge is 0.243 e. The number of aliphatic hydroxyl groups excluding tert-OH is 1. The number of likely N-dealkylation sites (tertiary alicyclic amines) is 1. The van der Waals surface area contributed by atoms with Crippen LogP contribution in [0.25, 0.3) is 0 Å². The number of hydrogen-bond acceptors (Lipinski definition) is 5. The highest BCUT2D eigenvalue weighted by molar-refractivity contribution is 7.89. The molecule has 0 radical (unpaired) electrons. The van der Waals surface area contributed by atoms with Gasteiger partial charge in [-0.3, -0.25) is 0 Å². The first-order valence-corrected chi connectivity index (χ1v) is 11.9. The molecule has 0 amide bonds. The number of ether oxygens (including phenoxy) is 1. The van der Waals surface area contributed by atoms with Crippen molar-refractivity contribution in [3.63, 3.8) is 0 Å². The Hall–Kier alpha value is -0.990. The number of sulfonamides is 1. The molecule has 3 fully saturated rings. The molecule has 3 heterocycles. The summed E-state index contributed by atoms with van der Waals surface area (Å²) in [4.78, 5) is 2.83. The Morgan fingerprint density at radius 1 is 1.14 bits per heavy atom. The summed E-state index contributed by atoms with van der Waals surface area (Å²) in [6.07, 6.45) is 4.54. The van der Waals surface area contributed by atoms with Crippen molar-refractivity contribution in [3.8, 4) is 0 Å². The Morgan fingerprint density at radius 2 is 1.82 bits per heavy atom. The average molecular weight is 409 g/mol. The van der Waals surface area contributed by atoms with Gasteiger partial charge in [-0.1, -0.05) is 18.2 Å². The summed E-state index contributed by atoms with van der Waals surface area (Å²) in [6.45, 7) is 6.55. The summed E-state index contributed by atoms with van der Waals surface area (Å²) in [5.74, 6) is 0. The van der Waals surface area contributed by atoms with E-state index >= 15 is 0 Å². The van der Waals surface area contributed by atoms with Crippen molar-refractivity contribution in [2.24, 2.45) is 5.41 Å². The van der Waals surface area contributed by atoms with E-state index in [9.17, 15) is 13.5 Å². The lowest BCUT2D eigenvalue weighted by Gasteiger charge is -2.38. The SMILES string of the molecule is Cc1ccccc1S(=O)(=O)N1CCC2(CC1)CO[C@@H](CN1CCC(O)CC1)C2. The molecule has 0 unspecified atom stereocenters. The largest absolute Gasteiger partial charge is 0.393 e.